The topological polar surface area (TPSA) is 29.5 Å². The summed E-state index contributed by atoms with van der Waals surface area (Å²) in [4.78, 5) is 13.8. The van der Waals surface area contributed by atoms with E-state index in [0.29, 0.717) is 0 Å². The normalized spacial score (nSPS) is 16.8. The number of rotatable bonds is 3. The number of esters is 1. The van der Waals surface area contributed by atoms with Crippen LogP contribution in [-0.4, -0.2) is 31.1 Å². The van der Waals surface area contributed by atoms with Crippen molar-refractivity contribution in [1.82, 2.24) is 4.90 Å². The van der Waals surface area contributed by atoms with Gasteiger partial charge in [-0.15, -0.1) is 6.42 Å². The average Bonchev–Trinajstić information content (AvgIpc) is 2.48. The fourth-order valence-corrected chi connectivity index (χ4v) is 2.46. The molecule has 1 aliphatic rings. The van der Waals surface area contributed by atoms with Crippen LogP contribution in [0, 0.1) is 18.3 Å². The molecule has 0 atom stereocenters. The summed E-state index contributed by atoms with van der Waals surface area (Å²) >= 11 is 0. The first-order valence-electron chi connectivity index (χ1n) is 6.58. The Morgan fingerprint density at radius 3 is 2.53 bits per heavy atom. The molecule has 100 valence electrons. The van der Waals surface area contributed by atoms with Gasteiger partial charge in [0.05, 0.1) is 13.0 Å². The number of carbonyl (C=O) groups excluding carboxylic acids is 1. The van der Waals surface area contributed by atoms with Gasteiger partial charge in [0.15, 0.2) is 0 Å². The summed E-state index contributed by atoms with van der Waals surface area (Å²) in [5.74, 6) is 2.62. The Morgan fingerprint density at radius 1 is 1.37 bits per heavy atom. The standard InChI is InChI=1S/C16H19NO2/c1-3-13-4-6-14(7-5-13)12-17-10-8-15(9-11-17)16(18)19-2/h1,4-7,15H,8-12H2,2H3. The van der Waals surface area contributed by atoms with E-state index in [4.69, 9.17) is 11.2 Å². The van der Waals surface area contributed by atoms with Gasteiger partial charge in [-0.2, -0.15) is 0 Å². The maximum atomic E-state index is 11.4. The van der Waals surface area contributed by atoms with Crippen LogP contribution >= 0.6 is 0 Å². The molecule has 0 amide bonds. The lowest BCUT2D eigenvalue weighted by atomic mass is 9.96. The number of benzene rings is 1. The van der Waals surface area contributed by atoms with Crippen LogP contribution in [0.25, 0.3) is 0 Å². The van der Waals surface area contributed by atoms with Crippen molar-refractivity contribution in [2.75, 3.05) is 20.2 Å². The van der Waals surface area contributed by atoms with Crippen molar-refractivity contribution >= 4 is 5.97 Å². The van der Waals surface area contributed by atoms with E-state index in [2.05, 4.69) is 23.0 Å². The van der Waals surface area contributed by atoms with Crippen LogP contribution in [0.5, 0.6) is 0 Å². The van der Waals surface area contributed by atoms with Crippen molar-refractivity contribution in [3.05, 3.63) is 35.4 Å². The zero-order valence-corrected chi connectivity index (χ0v) is 11.3. The quantitative estimate of drug-likeness (QED) is 0.613. The Hall–Kier alpha value is -1.79. The zero-order chi connectivity index (χ0) is 13.7. The number of terminal acetylenes is 1. The molecule has 0 radical (unpaired) electrons. The van der Waals surface area contributed by atoms with Gasteiger partial charge in [0.2, 0.25) is 0 Å². The predicted octanol–water partition coefficient (Wildman–Crippen LogP) is 2.05. The highest BCUT2D eigenvalue weighted by atomic mass is 16.5. The predicted molar refractivity (Wildman–Crippen MR) is 74.4 cm³/mol. The van der Waals surface area contributed by atoms with Crippen molar-refractivity contribution < 1.29 is 9.53 Å². The molecule has 0 aromatic heterocycles. The van der Waals surface area contributed by atoms with E-state index in [1.807, 2.05) is 12.1 Å². The van der Waals surface area contributed by atoms with Crippen molar-refractivity contribution in [3.8, 4) is 12.3 Å². The SMILES string of the molecule is C#Cc1ccc(CN2CCC(C(=O)OC)CC2)cc1. The van der Waals surface area contributed by atoms with Gasteiger partial charge in [-0.25, -0.2) is 0 Å². The van der Waals surface area contributed by atoms with E-state index >= 15 is 0 Å². The largest absolute Gasteiger partial charge is 0.469 e. The number of methoxy groups -OCH3 is 1. The minimum atomic E-state index is -0.0713. The first-order valence-corrected chi connectivity index (χ1v) is 6.58. The molecule has 1 heterocycles. The molecule has 0 saturated carbocycles. The fourth-order valence-electron chi connectivity index (χ4n) is 2.46. The molecule has 19 heavy (non-hydrogen) atoms. The molecule has 0 spiro atoms. The van der Waals surface area contributed by atoms with E-state index in [1.165, 1.54) is 12.7 Å². The lowest BCUT2D eigenvalue weighted by molar-refractivity contribution is -0.147. The van der Waals surface area contributed by atoms with Crippen LogP contribution in [0.2, 0.25) is 0 Å². The van der Waals surface area contributed by atoms with E-state index in [-0.39, 0.29) is 11.9 Å². The summed E-state index contributed by atoms with van der Waals surface area (Å²) in [6.07, 6.45) is 7.10. The summed E-state index contributed by atoms with van der Waals surface area (Å²) in [7, 11) is 1.46. The second-order valence-corrected chi connectivity index (χ2v) is 4.91. The molecule has 2 rings (SSSR count). The summed E-state index contributed by atoms with van der Waals surface area (Å²) < 4.78 is 4.79. The van der Waals surface area contributed by atoms with Crippen LogP contribution in [0.3, 0.4) is 0 Å². The molecule has 1 fully saturated rings. The maximum absolute atomic E-state index is 11.4. The van der Waals surface area contributed by atoms with Gasteiger partial charge in [0.25, 0.3) is 0 Å². The minimum absolute atomic E-state index is 0.0713. The van der Waals surface area contributed by atoms with Crippen molar-refractivity contribution in [2.24, 2.45) is 5.92 Å². The highest BCUT2D eigenvalue weighted by molar-refractivity contribution is 5.72. The smallest absolute Gasteiger partial charge is 0.308 e. The van der Waals surface area contributed by atoms with Gasteiger partial charge in [-0.1, -0.05) is 18.1 Å². The van der Waals surface area contributed by atoms with Crippen molar-refractivity contribution in [3.63, 3.8) is 0 Å². The molecule has 1 aromatic carbocycles. The molecule has 0 N–H and O–H groups in total. The molecule has 1 aliphatic heterocycles. The van der Waals surface area contributed by atoms with Crippen LogP contribution in [0.4, 0.5) is 0 Å². The molecule has 3 nitrogen and oxygen atoms in total. The Bertz CT molecular complexity index is 465. The summed E-state index contributed by atoms with van der Waals surface area (Å²) in [5.41, 5.74) is 2.17. The number of ether oxygens (including phenoxy) is 1. The second kappa shape index (κ2) is 6.40. The first-order chi connectivity index (χ1) is 9.22. The van der Waals surface area contributed by atoms with E-state index in [9.17, 15) is 4.79 Å². The molecule has 0 bridgehead atoms. The van der Waals surface area contributed by atoms with Crippen LogP contribution in [0.1, 0.15) is 24.0 Å². The number of carbonyl (C=O) groups is 1. The number of hydrogen-bond acceptors (Lipinski definition) is 3. The maximum Gasteiger partial charge on any atom is 0.308 e. The van der Waals surface area contributed by atoms with Gasteiger partial charge >= 0.3 is 5.97 Å². The highest BCUT2D eigenvalue weighted by Gasteiger charge is 2.25. The summed E-state index contributed by atoms with van der Waals surface area (Å²) in [6, 6.07) is 8.08. The van der Waals surface area contributed by atoms with Crippen molar-refractivity contribution in [1.29, 1.82) is 0 Å². The Balaban J connectivity index is 1.85. The number of nitrogens with zero attached hydrogens (tertiary/aromatic N) is 1. The minimum Gasteiger partial charge on any atom is -0.469 e. The molecular formula is C16H19NO2. The van der Waals surface area contributed by atoms with Crippen LogP contribution in [0.15, 0.2) is 24.3 Å². The average molecular weight is 257 g/mol. The fraction of sp³-hybridized carbons (Fsp3) is 0.438. The highest BCUT2D eigenvalue weighted by Crippen LogP contribution is 2.20. The van der Waals surface area contributed by atoms with E-state index in [0.717, 1.165) is 38.0 Å². The molecular weight excluding hydrogens is 238 g/mol. The Labute approximate surface area is 114 Å². The van der Waals surface area contributed by atoms with Gasteiger partial charge in [-0.3, -0.25) is 9.69 Å². The Morgan fingerprint density at radius 2 is 2.00 bits per heavy atom. The number of likely N-dealkylation sites (tertiary alicyclic amines) is 1. The monoisotopic (exact) mass is 257 g/mol. The zero-order valence-electron chi connectivity index (χ0n) is 11.3. The lowest BCUT2D eigenvalue weighted by Gasteiger charge is -2.30. The number of piperidine rings is 1. The third-order valence-electron chi connectivity index (χ3n) is 3.65. The first kappa shape index (κ1) is 13.6. The molecule has 3 heteroatoms. The van der Waals surface area contributed by atoms with Crippen molar-refractivity contribution in [2.45, 2.75) is 19.4 Å². The van der Waals surface area contributed by atoms with Crippen LogP contribution < -0.4 is 0 Å². The molecule has 0 unspecified atom stereocenters. The van der Waals surface area contributed by atoms with Gasteiger partial charge < -0.3 is 4.74 Å². The Kier molecular flexibility index (Phi) is 4.59. The summed E-state index contributed by atoms with van der Waals surface area (Å²) in [5, 5.41) is 0. The third-order valence-corrected chi connectivity index (χ3v) is 3.65. The molecule has 0 aliphatic carbocycles. The second-order valence-electron chi connectivity index (χ2n) is 4.91. The third kappa shape index (κ3) is 3.59. The van der Waals surface area contributed by atoms with Gasteiger partial charge in [0, 0.05) is 12.1 Å². The van der Waals surface area contributed by atoms with E-state index < -0.39 is 0 Å². The molecule has 1 saturated heterocycles. The van der Waals surface area contributed by atoms with E-state index in [1.54, 1.807) is 0 Å². The summed E-state index contributed by atoms with van der Waals surface area (Å²) in [6.45, 7) is 2.80. The van der Waals surface area contributed by atoms with Crippen LogP contribution in [-0.2, 0) is 16.1 Å². The number of hydrogen-bond donors (Lipinski definition) is 0. The lowest BCUT2D eigenvalue weighted by Crippen LogP contribution is -2.36. The van der Waals surface area contributed by atoms with Gasteiger partial charge in [-0.05, 0) is 43.6 Å². The van der Waals surface area contributed by atoms with Gasteiger partial charge in [0.1, 0.15) is 0 Å². The molecule has 1 aromatic rings.